The van der Waals surface area contributed by atoms with Gasteiger partial charge in [0.25, 0.3) is 0 Å². The van der Waals surface area contributed by atoms with Crippen LogP contribution in [0.1, 0.15) is 31.4 Å². The summed E-state index contributed by atoms with van der Waals surface area (Å²) in [4.78, 5) is 4.48. The largest absolute Gasteiger partial charge is 0.381 e. The fourth-order valence-electron chi connectivity index (χ4n) is 3.19. The average Bonchev–Trinajstić information content (AvgIpc) is 2.53. The molecule has 1 fully saturated rings. The third-order valence-corrected chi connectivity index (χ3v) is 4.18. The zero-order valence-electron chi connectivity index (χ0n) is 12.0. The van der Waals surface area contributed by atoms with E-state index in [1.54, 1.807) is 0 Å². The standard InChI is InChI=1S/C17H22N2O/c1-2-18-17(13-8-11-20-12-9-13)15-7-10-19-16-6-4-3-5-14(15)16/h3-7,10,13,17-18H,2,8-9,11-12H2,1H3. The molecular formula is C17H22N2O. The van der Waals surface area contributed by atoms with E-state index in [9.17, 15) is 0 Å². The molecule has 3 rings (SSSR count). The highest BCUT2D eigenvalue weighted by molar-refractivity contribution is 5.82. The van der Waals surface area contributed by atoms with Crippen LogP contribution in [0.15, 0.2) is 36.5 Å². The Balaban J connectivity index is 2.00. The van der Waals surface area contributed by atoms with Gasteiger partial charge in [0.2, 0.25) is 0 Å². The van der Waals surface area contributed by atoms with Crippen molar-refractivity contribution in [2.45, 2.75) is 25.8 Å². The van der Waals surface area contributed by atoms with Crippen molar-refractivity contribution >= 4 is 10.9 Å². The van der Waals surface area contributed by atoms with Crippen molar-refractivity contribution in [3.8, 4) is 0 Å². The lowest BCUT2D eigenvalue weighted by Gasteiger charge is -2.31. The second-order valence-electron chi connectivity index (χ2n) is 5.40. The van der Waals surface area contributed by atoms with E-state index in [2.05, 4.69) is 47.6 Å². The van der Waals surface area contributed by atoms with Crippen LogP contribution in [0, 0.1) is 5.92 Å². The van der Waals surface area contributed by atoms with Crippen molar-refractivity contribution < 1.29 is 4.74 Å². The van der Waals surface area contributed by atoms with E-state index in [0.717, 1.165) is 38.1 Å². The lowest BCUT2D eigenvalue weighted by Crippen LogP contribution is -2.32. The fourth-order valence-corrected chi connectivity index (χ4v) is 3.19. The first-order chi connectivity index (χ1) is 9.90. The van der Waals surface area contributed by atoms with E-state index in [4.69, 9.17) is 4.74 Å². The van der Waals surface area contributed by atoms with Crippen LogP contribution in [0.3, 0.4) is 0 Å². The van der Waals surface area contributed by atoms with Crippen molar-refractivity contribution in [3.63, 3.8) is 0 Å². The van der Waals surface area contributed by atoms with E-state index in [1.807, 2.05) is 6.20 Å². The Morgan fingerprint density at radius 1 is 1.25 bits per heavy atom. The van der Waals surface area contributed by atoms with Gasteiger partial charge in [-0.15, -0.1) is 0 Å². The molecule has 3 nitrogen and oxygen atoms in total. The minimum absolute atomic E-state index is 0.400. The summed E-state index contributed by atoms with van der Waals surface area (Å²) in [6.45, 7) is 4.93. The molecule has 1 aliphatic heterocycles. The summed E-state index contributed by atoms with van der Waals surface area (Å²) in [5.41, 5.74) is 2.46. The molecule has 0 bridgehead atoms. The van der Waals surface area contributed by atoms with Gasteiger partial charge in [-0.25, -0.2) is 0 Å². The highest BCUT2D eigenvalue weighted by Gasteiger charge is 2.25. The number of benzene rings is 1. The van der Waals surface area contributed by atoms with Crippen LogP contribution in [0.5, 0.6) is 0 Å². The summed E-state index contributed by atoms with van der Waals surface area (Å²) in [5.74, 6) is 0.648. The smallest absolute Gasteiger partial charge is 0.0705 e. The average molecular weight is 270 g/mol. The number of nitrogens with zero attached hydrogens (tertiary/aromatic N) is 1. The monoisotopic (exact) mass is 270 g/mol. The fraction of sp³-hybridized carbons (Fsp3) is 0.471. The first-order valence-corrected chi connectivity index (χ1v) is 7.55. The third-order valence-electron chi connectivity index (χ3n) is 4.18. The molecule has 106 valence electrons. The van der Waals surface area contributed by atoms with Gasteiger partial charge in [0.15, 0.2) is 0 Å². The first kappa shape index (κ1) is 13.5. The summed E-state index contributed by atoms with van der Waals surface area (Å²) >= 11 is 0. The molecule has 1 N–H and O–H groups in total. The highest BCUT2D eigenvalue weighted by Crippen LogP contribution is 2.33. The minimum atomic E-state index is 0.400. The van der Waals surface area contributed by atoms with E-state index in [-0.39, 0.29) is 0 Å². The molecule has 1 unspecified atom stereocenters. The summed E-state index contributed by atoms with van der Waals surface area (Å²) in [5, 5.41) is 4.95. The van der Waals surface area contributed by atoms with Gasteiger partial charge in [0, 0.05) is 30.8 Å². The van der Waals surface area contributed by atoms with Crippen LogP contribution < -0.4 is 5.32 Å². The molecular weight excluding hydrogens is 248 g/mol. The summed E-state index contributed by atoms with van der Waals surface area (Å²) in [7, 11) is 0. The van der Waals surface area contributed by atoms with Gasteiger partial charge >= 0.3 is 0 Å². The molecule has 2 heterocycles. The number of aromatic nitrogens is 1. The summed E-state index contributed by atoms with van der Waals surface area (Å²) in [6.07, 6.45) is 4.20. The number of hydrogen-bond acceptors (Lipinski definition) is 3. The van der Waals surface area contributed by atoms with Crippen molar-refractivity contribution in [3.05, 3.63) is 42.1 Å². The van der Waals surface area contributed by atoms with Gasteiger partial charge in [0.1, 0.15) is 0 Å². The predicted octanol–water partition coefficient (Wildman–Crippen LogP) is 3.31. The number of pyridine rings is 1. The summed E-state index contributed by atoms with van der Waals surface area (Å²) < 4.78 is 5.51. The molecule has 0 aliphatic carbocycles. The molecule has 20 heavy (non-hydrogen) atoms. The maximum absolute atomic E-state index is 5.51. The lowest BCUT2D eigenvalue weighted by atomic mass is 9.86. The third kappa shape index (κ3) is 2.69. The van der Waals surface area contributed by atoms with Crippen molar-refractivity contribution in [1.29, 1.82) is 0 Å². The molecule has 2 aromatic rings. The van der Waals surface area contributed by atoms with Crippen molar-refractivity contribution in [1.82, 2.24) is 10.3 Å². The molecule has 0 radical (unpaired) electrons. The zero-order chi connectivity index (χ0) is 13.8. The van der Waals surface area contributed by atoms with Crippen LogP contribution in [0.25, 0.3) is 10.9 Å². The van der Waals surface area contributed by atoms with E-state index in [0.29, 0.717) is 12.0 Å². The Labute approximate surface area is 120 Å². The molecule has 1 aromatic carbocycles. The zero-order valence-corrected chi connectivity index (χ0v) is 12.0. The van der Waals surface area contributed by atoms with Crippen LogP contribution >= 0.6 is 0 Å². The Kier molecular flexibility index (Phi) is 4.28. The quantitative estimate of drug-likeness (QED) is 0.925. The molecule has 1 atom stereocenters. The van der Waals surface area contributed by atoms with Crippen LogP contribution in [-0.4, -0.2) is 24.7 Å². The topological polar surface area (TPSA) is 34.2 Å². The Morgan fingerprint density at radius 3 is 2.85 bits per heavy atom. The predicted molar refractivity (Wildman–Crippen MR) is 81.7 cm³/mol. The van der Waals surface area contributed by atoms with Gasteiger partial charge < -0.3 is 10.1 Å². The van der Waals surface area contributed by atoms with Crippen LogP contribution in [0.2, 0.25) is 0 Å². The van der Waals surface area contributed by atoms with Gasteiger partial charge in [-0.3, -0.25) is 4.98 Å². The second kappa shape index (κ2) is 6.33. The second-order valence-corrected chi connectivity index (χ2v) is 5.40. The molecule has 3 heteroatoms. The Bertz CT molecular complexity index is 558. The van der Waals surface area contributed by atoms with Crippen molar-refractivity contribution in [2.75, 3.05) is 19.8 Å². The number of ether oxygens (including phenoxy) is 1. The molecule has 0 amide bonds. The van der Waals surface area contributed by atoms with E-state index >= 15 is 0 Å². The van der Waals surface area contributed by atoms with Crippen molar-refractivity contribution in [2.24, 2.45) is 5.92 Å². The van der Waals surface area contributed by atoms with Gasteiger partial charge in [0.05, 0.1) is 5.52 Å². The maximum Gasteiger partial charge on any atom is 0.0705 e. The minimum Gasteiger partial charge on any atom is -0.381 e. The Hall–Kier alpha value is -1.45. The SMILES string of the molecule is CCNC(c1ccnc2ccccc12)C1CCOCC1. The number of para-hydroxylation sites is 1. The van der Waals surface area contributed by atoms with E-state index in [1.165, 1.54) is 10.9 Å². The first-order valence-electron chi connectivity index (χ1n) is 7.55. The number of fused-ring (bicyclic) bond motifs is 1. The molecule has 0 spiro atoms. The summed E-state index contributed by atoms with van der Waals surface area (Å²) in [6, 6.07) is 11.0. The molecule has 1 saturated heterocycles. The Morgan fingerprint density at radius 2 is 2.05 bits per heavy atom. The van der Waals surface area contributed by atoms with E-state index < -0.39 is 0 Å². The molecule has 0 saturated carbocycles. The van der Waals surface area contributed by atoms with Gasteiger partial charge in [-0.2, -0.15) is 0 Å². The molecule has 1 aromatic heterocycles. The van der Waals surface area contributed by atoms with Gasteiger partial charge in [-0.05, 0) is 43.0 Å². The maximum atomic E-state index is 5.51. The lowest BCUT2D eigenvalue weighted by molar-refractivity contribution is 0.0540. The molecule has 1 aliphatic rings. The van der Waals surface area contributed by atoms with Gasteiger partial charge in [-0.1, -0.05) is 25.1 Å². The number of rotatable bonds is 4. The van der Waals surface area contributed by atoms with Crippen LogP contribution in [0.4, 0.5) is 0 Å². The van der Waals surface area contributed by atoms with Crippen LogP contribution in [-0.2, 0) is 4.74 Å². The highest BCUT2D eigenvalue weighted by atomic mass is 16.5. The normalized spacial score (nSPS) is 18.2. The number of nitrogens with one attached hydrogen (secondary N) is 1. The number of hydrogen-bond donors (Lipinski definition) is 1.